The highest BCUT2D eigenvalue weighted by Crippen LogP contribution is 2.58. The summed E-state index contributed by atoms with van der Waals surface area (Å²) < 4.78 is 9.65. The molecule has 0 spiro atoms. The van der Waals surface area contributed by atoms with Crippen molar-refractivity contribution in [3.63, 3.8) is 0 Å². The number of nitrogens with one attached hydrogen (secondary N) is 4. The number of methoxy groups -OCH3 is 2. The number of benzene rings is 3. The van der Waals surface area contributed by atoms with Crippen LogP contribution in [0.15, 0.2) is 60.9 Å². The first kappa shape index (κ1) is 42.1. The Balaban J connectivity index is 1.01. The van der Waals surface area contributed by atoms with Gasteiger partial charge in [0.15, 0.2) is 0 Å². The molecule has 4 N–H and O–H groups in total. The topological polar surface area (TPSA) is 175 Å². The Morgan fingerprint density at radius 2 is 1.06 bits per heavy atom. The summed E-state index contributed by atoms with van der Waals surface area (Å²) in [6.07, 6.45) is 9.30. The van der Waals surface area contributed by atoms with E-state index >= 15 is 0 Å². The van der Waals surface area contributed by atoms with Gasteiger partial charge in [0.2, 0.25) is 11.8 Å². The van der Waals surface area contributed by atoms with E-state index in [9.17, 15) is 19.2 Å². The van der Waals surface area contributed by atoms with Gasteiger partial charge in [-0.25, -0.2) is 19.6 Å². The Hall–Kier alpha value is -6.18. The van der Waals surface area contributed by atoms with Gasteiger partial charge in [0.25, 0.3) is 0 Å². The van der Waals surface area contributed by atoms with Crippen molar-refractivity contribution < 1.29 is 28.7 Å². The highest BCUT2D eigenvalue weighted by atomic mass is 16.5. The lowest BCUT2D eigenvalue weighted by atomic mass is 9.81. The smallest absolute Gasteiger partial charge is 0.407 e. The van der Waals surface area contributed by atoms with Crippen LogP contribution in [0, 0.1) is 11.8 Å². The van der Waals surface area contributed by atoms with Crippen molar-refractivity contribution in [2.75, 3.05) is 27.3 Å². The first-order chi connectivity index (χ1) is 30.5. The Kier molecular flexibility index (Phi) is 11.5. The zero-order chi connectivity index (χ0) is 44.1. The molecule has 0 radical (unpaired) electrons. The highest BCUT2D eigenvalue weighted by molar-refractivity contribution is 6.05. The minimum Gasteiger partial charge on any atom is -0.453 e. The van der Waals surface area contributed by atoms with Crippen LogP contribution in [0.4, 0.5) is 9.59 Å². The predicted molar refractivity (Wildman–Crippen MR) is 240 cm³/mol. The third-order valence-corrected chi connectivity index (χ3v) is 14.0. The van der Waals surface area contributed by atoms with Crippen molar-refractivity contribution >= 4 is 34.8 Å². The molecule has 1 saturated carbocycles. The first-order valence-electron chi connectivity index (χ1n) is 22.6. The monoisotopic (exact) mass is 854 g/mol. The number of amides is 4. The minimum atomic E-state index is -0.700. The minimum absolute atomic E-state index is 0.109. The molecule has 4 amide bonds. The number of ether oxygens (including phenoxy) is 2. The molecule has 2 bridgehead atoms. The maximum Gasteiger partial charge on any atom is 0.407 e. The van der Waals surface area contributed by atoms with E-state index in [0.29, 0.717) is 24.9 Å². The van der Waals surface area contributed by atoms with Gasteiger partial charge in [0.1, 0.15) is 23.7 Å². The maximum absolute atomic E-state index is 13.9. The average molecular weight is 855 g/mol. The van der Waals surface area contributed by atoms with Gasteiger partial charge in [-0.2, -0.15) is 0 Å². The number of hydrogen-bond donors (Lipinski definition) is 4. The molecule has 14 heteroatoms. The number of hydrogen-bond acceptors (Lipinski definition) is 8. The molecule has 14 nitrogen and oxygen atoms in total. The number of fused-ring (bicyclic) bond motifs is 6. The lowest BCUT2D eigenvalue weighted by molar-refractivity contribution is -0.136. The number of alkyl carbamates (subject to hydrolysis) is 2. The number of carbonyl (C=O) groups is 4. The lowest BCUT2D eigenvalue weighted by Crippen LogP contribution is -2.51. The van der Waals surface area contributed by atoms with Gasteiger partial charge >= 0.3 is 12.2 Å². The largest absolute Gasteiger partial charge is 0.453 e. The number of H-pyrrole nitrogens is 2. The van der Waals surface area contributed by atoms with Crippen LogP contribution < -0.4 is 10.6 Å². The molecular formula is C49H58N8O6. The fraction of sp³-hybridized carbons (Fsp3) is 0.469. The number of imidazole rings is 2. The van der Waals surface area contributed by atoms with Crippen LogP contribution in [-0.2, 0) is 19.1 Å². The van der Waals surface area contributed by atoms with Crippen molar-refractivity contribution in [3.05, 3.63) is 83.7 Å². The molecule has 4 aliphatic rings. The molecule has 3 aromatic carbocycles. The molecule has 3 fully saturated rings. The van der Waals surface area contributed by atoms with Crippen molar-refractivity contribution in [2.24, 2.45) is 11.8 Å². The second-order valence-corrected chi connectivity index (χ2v) is 18.4. The van der Waals surface area contributed by atoms with Crippen LogP contribution in [0.5, 0.6) is 0 Å². The van der Waals surface area contributed by atoms with Gasteiger partial charge < -0.3 is 39.9 Å². The summed E-state index contributed by atoms with van der Waals surface area (Å²) in [6, 6.07) is 15.7. The Morgan fingerprint density at radius 3 is 1.57 bits per heavy atom. The van der Waals surface area contributed by atoms with E-state index in [-0.39, 0.29) is 35.7 Å². The highest BCUT2D eigenvalue weighted by Gasteiger charge is 2.42. The number of carbonyl (C=O) groups excluding carboxylic acids is 4. The Morgan fingerprint density at radius 1 is 0.619 bits per heavy atom. The third kappa shape index (κ3) is 7.60. The molecule has 2 aliphatic carbocycles. The van der Waals surface area contributed by atoms with Crippen molar-refractivity contribution in [3.8, 4) is 33.6 Å². The molecule has 5 aromatic rings. The van der Waals surface area contributed by atoms with Gasteiger partial charge in [-0.1, -0.05) is 76.2 Å². The zero-order valence-corrected chi connectivity index (χ0v) is 37.0. The van der Waals surface area contributed by atoms with Gasteiger partial charge in [0.05, 0.1) is 50.1 Å². The van der Waals surface area contributed by atoms with E-state index in [1.165, 1.54) is 48.5 Å². The standard InChI is InChI=1S/C49H58N8O6/c1-26(2)42(54-48(60)62-5)46(58)56-21-9-13-38(56)44-50-24-36(52-44)33-18-17-32(30-11-7-8-12-31(30)33)34-19-20-35(41-29-16-15-28(23-29)40(34)41)37-25-51-45(53-37)39-14-10-22-57(39)47(59)43(27(3)4)55-49(61)63-6/h7-8,11-12,17-20,24-29,38-39,42-43H,9-10,13-16,21-23H2,1-6H3,(H,50,52)(H,51,53)(H,54,60)(H,55,61)/t28?,29?,38?,39-,42-,43-/m0/s1. The van der Waals surface area contributed by atoms with Crippen LogP contribution >= 0.6 is 0 Å². The van der Waals surface area contributed by atoms with Crippen molar-refractivity contribution in [1.29, 1.82) is 0 Å². The van der Waals surface area contributed by atoms with E-state index in [2.05, 4.69) is 69.1 Å². The van der Waals surface area contributed by atoms with Gasteiger partial charge in [0, 0.05) is 24.2 Å². The number of aromatic nitrogens is 4. The third-order valence-electron chi connectivity index (χ3n) is 14.0. The second kappa shape index (κ2) is 17.2. The molecule has 4 heterocycles. The lowest BCUT2D eigenvalue weighted by Gasteiger charge is -2.30. The summed E-state index contributed by atoms with van der Waals surface area (Å²) in [5.41, 5.74) is 9.36. The summed E-state index contributed by atoms with van der Waals surface area (Å²) in [7, 11) is 2.61. The maximum atomic E-state index is 13.9. The SMILES string of the molecule is COC(=O)N[C@H](C(=O)N1CCCC1c1ncc(-c2ccc(-c3ccc(-c4cnc([C@@H]5CCCN5C(=O)[C@@H](NC(=O)OC)C(C)C)[nH]4)c4c3C3CCC4C3)c3ccccc23)[nH]1)C(C)C. The zero-order valence-electron chi connectivity index (χ0n) is 37.0. The normalized spacial score (nSPS) is 21.3. The van der Waals surface area contributed by atoms with E-state index < -0.39 is 24.3 Å². The Labute approximate surface area is 367 Å². The molecular weight excluding hydrogens is 797 g/mol. The molecule has 2 saturated heterocycles. The van der Waals surface area contributed by atoms with Crippen molar-refractivity contribution in [1.82, 2.24) is 40.4 Å². The van der Waals surface area contributed by atoms with Crippen LogP contribution in [0.2, 0.25) is 0 Å². The molecule has 6 atom stereocenters. The molecule has 63 heavy (non-hydrogen) atoms. The quantitative estimate of drug-likeness (QED) is 0.102. The summed E-state index contributed by atoms with van der Waals surface area (Å²) in [5, 5.41) is 7.75. The summed E-state index contributed by atoms with van der Waals surface area (Å²) in [6.45, 7) is 8.87. The molecule has 2 aromatic heterocycles. The fourth-order valence-electron chi connectivity index (χ4n) is 10.9. The van der Waals surface area contributed by atoms with Gasteiger partial charge in [-0.05, 0) is 102 Å². The predicted octanol–water partition coefficient (Wildman–Crippen LogP) is 8.74. The van der Waals surface area contributed by atoms with Crippen molar-refractivity contribution in [2.45, 2.75) is 109 Å². The number of likely N-dealkylation sites (tertiary alicyclic amines) is 2. The van der Waals surface area contributed by atoms with E-state index in [0.717, 1.165) is 77.9 Å². The Bertz CT molecular complexity index is 2560. The van der Waals surface area contributed by atoms with E-state index in [1.54, 1.807) is 0 Å². The van der Waals surface area contributed by atoms with E-state index in [1.807, 2.05) is 49.9 Å². The van der Waals surface area contributed by atoms with Crippen LogP contribution in [0.3, 0.4) is 0 Å². The second-order valence-electron chi connectivity index (χ2n) is 18.4. The molecule has 330 valence electrons. The van der Waals surface area contributed by atoms with Crippen LogP contribution in [0.1, 0.15) is 119 Å². The summed E-state index contributed by atoms with van der Waals surface area (Å²) in [4.78, 5) is 72.6. The van der Waals surface area contributed by atoms with E-state index in [4.69, 9.17) is 19.4 Å². The first-order valence-corrected chi connectivity index (χ1v) is 22.6. The fourth-order valence-corrected chi connectivity index (χ4v) is 10.9. The van der Waals surface area contributed by atoms with Gasteiger partial charge in [-0.3, -0.25) is 9.59 Å². The average Bonchev–Trinajstić information content (AvgIpc) is 4.16. The number of aromatic amines is 2. The molecule has 2 aliphatic heterocycles. The number of nitrogens with zero attached hydrogens (tertiary/aromatic N) is 4. The summed E-state index contributed by atoms with van der Waals surface area (Å²) >= 11 is 0. The van der Waals surface area contributed by atoms with Crippen LogP contribution in [-0.4, -0.2) is 93.1 Å². The molecule has 3 unspecified atom stereocenters. The molecule has 9 rings (SSSR count). The summed E-state index contributed by atoms with van der Waals surface area (Å²) in [5.74, 6) is 1.97. The number of rotatable bonds is 11. The van der Waals surface area contributed by atoms with Crippen LogP contribution in [0.25, 0.3) is 44.4 Å². The van der Waals surface area contributed by atoms with Gasteiger partial charge in [-0.15, -0.1) is 0 Å².